The number of aliphatic hydroxyl groups is 1. The molecule has 8 nitrogen and oxygen atoms in total. The summed E-state index contributed by atoms with van der Waals surface area (Å²) < 4.78 is 5.20. The summed E-state index contributed by atoms with van der Waals surface area (Å²) in [6, 6.07) is 8.06. The van der Waals surface area contributed by atoms with Gasteiger partial charge in [0.1, 0.15) is 5.69 Å². The van der Waals surface area contributed by atoms with E-state index >= 15 is 0 Å². The van der Waals surface area contributed by atoms with Crippen molar-refractivity contribution in [2.75, 3.05) is 28.7 Å². The number of aromatic nitrogens is 2. The Balaban J connectivity index is 1.49. The molecule has 1 unspecified atom stereocenters. The first-order valence-electron chi connectivity index (χ1n) is 11.8. The van der Waals surface area contributed by atoms with Crippen molar-refractivity contribution < 1.29 is 14.6 Å². The van der Waals surface area contributed by atoms with Crippen LogP contribution in [-0.4, -0.2) is 46.9 Å². The molecule has 34 heavy (non-hydrogen) atoms. The second-order valence-corrected chi connectivity index (χ2v) is 9.86. The van der Waals surface area contributed by atoms with Crippen LogP contribution in [0.5, 0.6) is 0 Å². The van der Waals surface area contributed by atoms with E-state index in [1.165, 1.54) is 19.1 Å². The van der Waals surface area contributed by atoms with Crippen LogP contribution in [0.25, 0.3) is 5.57 Å². The highest BCUT2D eigenvalue weighted by atomic mass is 16.6. The molecule has 1 aliphatic carbocycles. The average Bonchev–Trinajstić information content (AvgIpc) is 3.35. The van der Waals surface area contributed by atoms with Gasteiger partial charge in [-0.3, -0.25) is 4.79 Å². The number of hydrogen-bond donors (Lipinski definition) is 2. The number of hydrogen-bond acceptors (Lipinski definition) is 7. The third-order valence-electron chi connectivity index (χ3n) is 6.88. The van der Waals surface area contributed by atoms with Gasteiger partial charge in [0, 0.05) is 30.9 Å². The molecule has 1 aromatic carbocycles. The molecule has 2 N–H and O–H groups in total. The number of carbonyl (C=O) groups excluding carboxylic acids is 1. The molecule has 1 saturated carbocycles. The van der Waals surface area contributed by atoms with Gasteiger partial charge in [0.15, 0.2) is 5.82 Å². The van der Waals surface area contributed by atoms with E-state index in [0.717, 1.165) is 35.6 Å². The minimum absolute atomic E-state index is 0.0711. The Morgan fingerprint density at radius 1 is 1.24 bits per heavy atom. The van der Waals surface area contributed by atoms with E-state index in [1.807, 2.05) is 44.2 Å². The monoisotopic (exact) mass is 461 g/mol. The zero-order valence-corrected chi connectivity index (χ0v) is 19.9. The van der Waals surface area contributed by atoms with Crippen molar-refractivity contribution in [3.8, 4) is 0 Å². The zero-order valence-electron chi connectivity index (χ0n) is 19.9. The number of rotatable bonds is 4. The number of fused-ring (bicyclic) bond motifs is 1. The minimum atomic E-state index is -1.000. The first-order chi connectivity index (χ1) is 16.3. The van der Waals surface area contributed by atoms with Crippen molar-refractivity contribution in [3.05, 3.63) is 54.4 Å². The third-order valence-corrected chi connectivity index (χ3v) is 6.88. The minimum Gasteiger partial charge on any atom is -0.468 e. The van der Waals surface area contributed by atoms with Crippen molar-refractivity contribution >= 4 is 34.6 Å². The Labute approximate surface area is 200 Å². The van der Waals surface area contributed by atoms with Crippen LogP contribution < -0.4 is 15.1 Å². The standard InChI is InChI=1S/C26H31N5O3/c1-26(2)16-31(19-10-4-5-11-19)22-21(30(3)24(26)33)15-27-25(29-22)28-18-9-6-8-17(14-18)20-12-7-13-34-23(20)32/h6-9,12-15,19,23,32H,4-5,10-11,16H2,1-3H3,(H,27,28,29). The Bertz CT molecular complexity index is 1150. The van der Waals surface area contributed by atoms with Crippen LogP contribution in [0, 0.1) is 5.41 Å². The molecular formula is C26H31N5O3. The van der Waals surface area contributed by atoms with Crippen molar-refractivity contribution in [2.24, 2.45) is 5.41 Å². The molecule has 3 heterocycles. The average molecular weight is 462 g/mol. The van der Waals surface area contributed by atoms with E-state index in [4.69, 9.17) is 9.72 Å². The Morgan fingerprint density at radius 3 is 2.79 bits per heavy atom. The zero-order chi connectivity index (χ0) is 23.9. The van der Waals surface area contributed by atoms with E-state index in [1.54, 1.807) is 24.2 Å². The number of allylic oxidation sites excluding steroid dienone is 2. The normalized spacial score (nSPS) is 22.2. The van der Waals surface area contributed by atoms with Crippen LogP contribution in [-0.2, 0) is 9.53 Å². The lowest BCUT2D eigenvalue weighted by Crippen LogP contribution is -2.45. The van der Waals surface area contributed by atoms with E-state index in [9.17, 15) is 9.90 Å². The Morgan fingerprint density at radius 2 is 2.03 bits per heavy atom. The molecule has 2 aromatic rings. The smallest absolute Gasteiger partial charge is 0.234 e. The van der Waals surface area contributed by atoms with Crippen molar-refractivity contribution in [1.29, 1.82) is 0 Å². The number of aliphatic hydroxyl groups excluding tert-OH is 1. The number of anilines is 4. The SMILES string of the molecule is CN1C(=O)C(C)(C)CN(C2CCCC2)c2nc(Nc3cccc(C4=CC=COC4O)c3)ncc21. The van der Waals surface area contributed by atoms with Gasteiger partial charge < -0.3 is 25.0 Å². The summed E-state index contributed by atoms with van der Waals surface area (Å²) in [6.45, 7) is 4.63. The summed E-state index contributed by atoms with van der Waals surface area (Å²) in [4.78, 5) is 26.6. The molecule has 0 radical (unpaired) electrons. The molecule has 0 bridgehead atoms. The molecule has 178 valence electrons. The summed E-state index contributed by atoms with van der Waals surface area (Å²) >= 11 is 0. The van der Waals surface area contributed by atoms with Gasteiger partial charge in [0.05, 0.1) is 17.9 Å². The van der Waals surface area contributed by atoms with Gasteiger partial charge in [-0.25, -0.2) is 4.98 Å². The summed E-state index contributed by atoms with van der Waals surface area (Å²) in [5.41, 5.74) is 2.54. The Kier molecular flexibility index (Phi) is 5.77. The van der Waals surface area contributed by atoms with Gasteiger partial charge in [-0.2, -0.15) is 4.98 Å². The molecule has 8 heteroatoms. The lowest BCUT2D eigenvalue weighted by molar-refractivity contribution is -0.125. The lowest BCUT2D eigenvalue weighted by atomic mass is 9.91. The van der Waals surface area contributed by atoms with Gasteiger partial charge >= 0.3 is 0 Å². The predicted octanol–water partition coefficient (Wildman–Crippen LogP) is 4.22. The van der Waals surface area contributed by atoms with Crippen molar-refractivity contribution in [1.82, 2.24) is 9.97 Å². The first kappa shape index (κ1) is 22.4. The van der Waals surface area contributed by atoms with Crippen LogP contribution in [0.2, 0.25) is 0 Å². The molecule has 1 atom stereocenters. The molecule has 0 saturated heterocycles. The molecule has 1 fully saturated rings. The number of carbonyl (C=O) groups is 1. The number of nitrogens with one attached hydrogen (secondary N) is 1. The topological polar surface area (TPSA) is 90.8 Å². The maximum Gasteiger partial charge on any atom is 0.234 e. The summed E-state index contributed by atoms with van der Waals surface area (Å²) in [6.07, 6.45) is 10.4. The van der Waals surface area contributed by atoms with Gasteiger partial charge in [0.2, 0.25) is 18.1 Å². The summed E-state index contributed by atoms with van der Waals surface area (Å²) in [7, 11) is 1.81. The fourth-order valence-electron chi connectivity index (χ4n) is 5.09. The third kappa shape index (κ3) is 4.14. The number of ether oxygens (including phenoxy) is 1. The van der Waals surface area contributed by atoms with Crippen LogP contribution in [0.15, 0.2) is 48.9 Å². The molecule has 2 aliphatic heterocycles. The highest BCUT2D eigenvalue weighted by Gasteiger charge is 2.41. The quantitative estimate of drug-likeness (QED) is 0.705. The van der Waals surface area contributed by atoms with Gasteiger partial charge in [-0.05, 0) is 56.5 Å². The number of benzene rings is 1. The second kappa shape index (κ2) is 8.76. The first-order valence-corrected chi connectivity index (χ1v) is 11.8. The molecular weight excluding hydrogens is 430 g/mol. The number of nitrogens with zero attached hydrogens (tertiary/aromatic N) is 4. The highest BCUT2D eigenvalue weighted by molar-refractivity contribution is 6.00. The largest absolute Gasteiger partial charge is 0.468 e. The maximum absolute atomic E-state index is 13.2. The van der Waals surface area contributed by atoms with Crippen molar-refractivity contribution in [2.45, 2.75) is 51.9 Å². The van der Waals surface area contributed by atoms with E-state index in [-0.39, 0.29) is 5.91 Å². The number of amides is 1. The van der Waals surface area contributed by atoms with E-state index in [2.05, 4.69) is 15.2 Å². The summed E-state index contributed by atoms with van der Waals surface area (Å²) in [5.74, 6) is 1.33. The summed E-state index contributed by atoms with van der Waals surface area (Å²) in [5, 5.41) is 13.5. The second-order valence-electron chi connectivity index (χ2n) is 9.86. The van der Waals surface area contributed by atoms with Crippen LogP contribution in [0.1, 0.15) is 45.1 Å². The fourth-order valence-corrected chi connectivity index (χ4v) is 5.09. The predicted molar refractivity (Wildman–Crippen MR) is 133 cm³/mol. The molecule has 0 spiro atoms. The molecule has 5 rings (SSSR count). The van der Waals surface area contributed by atoms with Gasteiger partial charge in [-0.1, -0.05) is 25.0 Å². The Hall–Kier alpha value is -3.39. The van der Waals surface area contributed by atoms with Crippen molar-refractivity contribution in [3.63, 3.8) is 0 Å². The maximum atomic E-state index is 13.2. The van der Waals surface area contributed by atoms with Crippen LogP contribution in [0.4, 0.5) is 23.1 Å². The van der Waals surface area contributed by atoms with E-state index < -0.39 is 11.7 Å². The molecule has 1 aromatic heterocycles. The lowest BCUT2D eigenvalue weighted by Gasteiger charge is -2.34. The van der Waals surface area contributed by atoms with Gasteiger partial charge in [0.25, 0.3) is 0 Å². The fraction of sp³-hybridized carbons (Fsp3) is 0.423. The highest BCUT2D eigenvalue weighted by Crippen LogP contribution is 2.40. The van der Waals surface area contributed by atoms with Crippen LogP contribution in [0.3, 0.4) is 0 Å². The van der Waals surface area contributed by atoms with E-state index in [0.29, 0.717) is 24.1 Å². The van der Waals surface area contributed by atoms with Crippen LogP contribution >= 0.6 is 0 Å². The molecule has 3 aliphatic rings. The molecule has 1 amide bonds. The van der Waals surface area contributed by atoms with Gasteiger partial charge in [-0.15, -0.1) is 0 Å².